The number of rotatable bonds is 3. The molecule has 0 aromatic heterocycles. The number of hydrogen-bond acceptors (Lipinski definition) is 4. The third-order valence-corrected chi connectivity index (χ3v) is 4.15. The largest absolute Gasteiger partial charge is 0.352 e. The van der Waals surface area contributed by atoms with Crippen LogP contribution < -0.4 is 11.1 Å². The van der Waals surface area contributed by atoms with E-state index in [4.69, 9.17) is 5.73 Å². The molecule has 0 spiro atoms. The van der Waals surface area contributed by atoms with E-state index in [1.54, 1.807) is 6.92 Å². The molecule has 0 aromatic carbocycles. The normalized spacial score (nSPS) is 27.1. The molecule has 2 atom stereocenters. The van der Waals surface area contributed by atoms with Gasteiger partial charge in [-0.05, 0) is 6.42 Å². The number of carbonyl (C=O) groups excluding carboxylic acids is 1. The molecule has 14 heavy (non-hydrogen) atoms. The van der Waals surface area contributed by atoms with Gasteiger partial charge in [0.2, 0.25) is 5.91 Å². The fraction of sp³-hybridized carbons (Fsp3) is 0.875. The van der Waals surface area contributed by atoms with Gasteiger partial charge in [0, 0.05) is 18.5 Å². The van der Waals surface area contributed by atoms with Crippen LogP contribution in [0, 0.1) is 5.92 Å². The Bertz CT molecular complexity index is 313. The lowest BCUT2D eigenvalue weighted by Crippen LogP contribution is -2.40. The van der Waals surface area contributed by atoms with Gasteiger partial charge in [-0.2, -0.15) is 0 Å². The Balaban J connectivity index is 2.44. The minimum Gasteiger partial charge on any atom is -0.352 e. The van der Waals surface area contributed by atoms with E-state index in [9.17, 15) is 13.2 Å². The SMILES string of the molecule is CC(CN)C(=O)NC1CCS(=O)(=O)C1. The maximum atomic E-state index is 11.4. The summed E-state index contributed by atoms with van der Waals surface area (Å²) in [5.41, 5.74) is 5.32. The zero-order valence-corrected chi connectivity index (χ0v) is 9.01. The van der Waals surface area contributed by atoms with E-state index in [0.717, 1.165) is 0 Å². The maximum absolute atomic E-state index is 11.4. The van der Waals surface area contributed by atoms with Crippen LogP contribution >= 0.6 is 0 Å². The molecule has 2 unspecified atom stereocenters. The molecule has 1 saturated heterocycles. The van der Waals surface area contributed by atoms with Gasteiger partial charge in [-0.3, -0.25) is 4.79 Å². The average molecular weight is 220 g/mol. The molecule has 1 fully saturated rings. The molecule has 1 heterocycles. The van der Waals surface area contributed by atoms with E-state index in [0.29, 0.717) is 6.42 Å². The zero-order chi connectivity index (χ0) is 10.8. The van der Waals surface area contributed by atoms with Crippen LogP contribution in [0.2, 0.25) is 0 Å². The van der Waals surface area contributed by atoms with Crippen LogP contribution in [-0.2, 0) is 14.6 Å². The first-order valence-electron chi connectivity index (χ1n) is 4.65. The molecule has 0 saturated carbocycles. The van der Waals surface area contributed by atoms with E-state index >= 15 is 0 Å². The van der Waals surface area contributed by atoms with Gasteiger partial charge in [-0.25, -0.2) is 8.42 Å². The van der Waals surface area contributed by atoms with Gasteiger partial charge < -0.3 is 11.1 Å². The van der Waals surface area contributed by atoms with Crippen molar-refractivity contribution in [3.05, 3.63) is 0 Å². The summed E-state index contributed by atoms with van der Waals surface area (Å²) >= 11 is 0. The van der Waals surface area contributed by atoms with Gasteiger partial charge in [0.1, 0.15) is 0 Å². The molecule has 0 aliphatic carbocycles. The van der Waals surface area contributed by atoms with Crippen molar-refractivity contribution in [1.29, 1.82) is 0 Å². The Morgan fingerprint density at radius 3 is 2.71 bits per heavy atom. The average Bonchev–Trinajstić information content (AvgIpc) is 2.44. The van der Waals surface area contributed by atoms with Crippen molar-refractivity contribution in [3.8, 4) is 0 Å². The first-order chi connectivity index (χ1) is 6.44. The van der Waals surface area contributed by atoms with Gasteiger partial charge in [0.05, 0.1) is 11.5 Å². The Morgan fingerprint density at radius 2 is 2.29 bits per heavy atom. The van der Waals surface area contributed by atoms with Gasteiger partial charge >= 0.3 is 0 Å². The van der Waals surface area contributed by atoms with Crippen molar-refractivity contribution in [3.63, 3.8) is 0 Å². The van der Waals surface area contributed by atoms with Gasteiger partial charge in [-0.1, -0.05) is 6.92 Å². The molecule has 1 aliphatic heterocycles. The second kappa shape index (κ2) is 4.27. The van der Waals surface area contributed by atoms with E-state index in [1.165, 1.54) is 0 Å². The molecule has 1 rings (SSSR count). The quantitative estimate of drug-likeness (QED) is 0.631. The number of amides is 1. The van der Waals surface area contributed by atoms with Crippen molar-refractivity contribution < 1.29 is 13.2 Å². The van der Waals surface area contributed by atoms with Gasteiger partial charge in [0.15, 0.2) is 9.84 Å². The van der Waals surface area contributed by atoms with E-state index in [-0.39, 0.29) is 35.9 Å². The van der Waals surface area contributed by atoms with E-state index < -0.39 is 9.84 Å². The summed E-state index contributed by atoms with van der Waals surface area (Å²) in [6.07, 6.45) is 0.519. The summed E-state index contributed by atoms with van der Waals surface area (Å²) in [7, 11) is -2.92. The summed E-state index contributed by atoms with van der Waals surface area (Å²) in [5, 5.41) is 2.69. The summed E-state index contributed by atoms with van der Waals surface area (Å²) in [5.74, 6) is -0.168. The highest BCUT2D eigenvalue weighted by atomic mass is 32.2. The molecule has 3 N–H and O–H groups in total. The fourth-order valence-corrected chi connectivity index (χ4v) is 3.03. The van der Waals surface area contributed by atoms with Crippen LogP contribution in [0.1, 0.15) is 13.3 Å². The number of nitrogens with one attached hydrogen (secondary N) is 1. The summed E-state index contributed by atoms with van der Waals surface area (Å²) < 4.78 is 22.2. The van der Waals surface area contributed by atoms with Crippen molar-refractivity contribution in [2.75, 3.05) is 18.1 Å². The smallest absolute Gasteiger partial charge is 0.224 e. The van der Waals surface area contributed by atoms with E-state index in [1.807, 2.05) is 0 Å². The lowest BCUT2D eigenvalue weighted by atomic mass is 10.1. The topological polar surface area (TPSA) is 89.3 Å². The zero-order valence-electron chi connectivity index (χ0n) is 8.19. The molecule has 1 amide bonds. The number of sulfone groups is 1. The highest BCUT2D eigenvalue weighted by Crippen LogP contribution is 2.11. The predicted octanol–water partition coefficient (Wildman–Crippen LogP) is -1.12. The third-order valence-electron chi connectivity index (χ3n) is 2.38. The van der Waals surface area contributed by atoms with Crippen LogP contribution in [0.5, 0.6) is 0 Å². The maximum Gasteiger partial charge on any atom is 0.224 e. The molecule has 5 nitrogen and oxygen atoms in total. The highest BCUT2D eigenvalue weighted by molar-refractivity contribution is 7.91. The number of carbonyl (C=O) groups is 1. The monoisotopic (exact) mass is 220 g/mol. The highest BCUT2D eigenvalue weighted by Gasteiger charge is 2.29. The van der Waals surface area contributed by atoms with E-state index in [2.05, 4.69) is 5.32 Å². The standard InChI is InChI=1S/C8H16N2O3S/c1-6(4-9)8(11)10-7-2-3-14(12,13)5-7/h6-7H,2-5,9H2,1H3,(H,10,11). The minimum atomic E-state index is -2.92. The van der Waals surface area contributed by atoms with Crippen LogP contribution in [0.15, 0.2) is 0 Å². The van der Waals surface area contributed by atoms with Crippen molar-refractivity contribution >= 4 is 15.7 Å². The van der Waals surface area contributed by atoms with Crippen molar-refractivity contribution in [2.24, 2.45) is 11.7 Å². The summed E-state index contributed by atoms with van der Waals surface area (Å²) in [4.78, 5) is 11.4. The first kappa shape index (κ1) is 11.5. The lowest BCUT2D eigenvalue weighted by molar-refractivity contribution is -0.124. The summed E-state index contributed by atoms with van der Waals surface area (Å²) in [6.45, 7) is 2.00. The minimum absolute atomic E-state index is 0.0655. The van der Waals surface area contributed by atoms with Crippen LogP contribution in [-0.4, -0.2) is 38.4 Å². The molecule has 0 bridgehead atoms. The lowest BCUT2D eigenvalue weighted by Gasteiger charge is -2.14. The molecule has 1 aliphatic rings. The second-order valence-electron chi connectivity index (χ2n) is 3.75. The predicted molar refractivity (Wildman–Crippen MR) is 53.4 cm³/mol. The number of hydrogen-bond donors (Lipinski definition) is 2. The van der Waals surface area contributed by atoms with Gasteiger partial charge in [-0.15, -0.1) is 0 Å². The number of nitrogens with two attached hydrogens (primary N) is 1. The molecule has 0 radical (unpaired) electrons. The fourth-order valence-electron chi connectivity index (χ4n) is 1.36. The summed E-state index contributed by atoms with van der Waals surface area (Å²) in [6, 6.07) is -0.221. The van der Waals surface area contributed by atoms with Crippen molar-refractivity contribution in [1.82, 2.24) is 5.32 Å². The molecular weight excluding hydrogens is 204 g/mol. The third kappa shape index (κ3) is 2.95. The van der Waals surface area contributed by atoms with Crippen LogP contribution in [0.25, 0.3) is 0 Å². The molecule has 6 heteroatoms. The Labute approximate surface area is 84.0 Å². The van der Waals surface area contributed by atoms with Crippen LogP contribution in [0.4, 0.5) is 0 Å². The molecular formula is C8H16N2O3S. The Morgan fingerprint density at radius 1 is 1.64 bits per heavy atom. The Hall–Kier alpha value is -0.620. The second-order valence-corrected chi connectivity index (χ2v) is 5.97. The van der Waals surface area contributed by atoms with Gasteiger partial charge in [0.25, 0.3) is 0 Å². The first-order valence-corrected chi connectivity index (χ1v) is 6.47. The van der Waals surface area contributed by atoms with Crippen molar-refractivity contribution in [2.45, 2.75) is 19.4 Å². The molecule has 82 valence electrons. The van der Waals surface area contributed by atoms with Crippen LogP contribution in [0.3, 0.4) is 0 Å². The Kier molecular flexibility index (Phi) is 3.49. The molecule has 0 aromatic rings.